The Balaban J connectivity index is 2.31. The summed E-state index contributed by atoms with van der Waals surface area (Å²) in [5.74, 6) is 1.35. The third kappa shape index (κ3) is 2.33. The number of aryl methyl sites for hydroxylation is 1. The van der Waals surface area contributed by atoms with E-state index in [1.54, 1.807) is 18.5 Å². The zero-order chi connectivity index (χ0) is 11.5. The van der Waals surface area contributed by atoms with Gasteiger partial charge in [0.25, 0.3) is 0 Å². The zero-order valence-corrected chi connectivity index (χ0v) is 10.4. The molecule has 2 N–H and O–H groups in total. The molecule has 0 bridgehead atoms. The molecular formula is C12H11BrN2O. The van der Waals surface area contributed by atoms with Crippen molar-refractivity contribution in [3.8, 4) is 11.5 Å². The Hall–Kier alpha value is -1.55. The van der Waals surface area contributed by atoms with Gasteiger partial charge in [-0.25, -0.2) is 0 Å². The van der Waals surface area contributed by atoms with Crippen molar-refractivity contribution < 1.29 is 4.74 Å². The molecule has 1 heterocycles. The van der Waals surface area contributed by atoms with E-state index in [4.69, 9.17) is 10.5 Å². The van der Waals surface area contributed by atoms with Crippen LogP contribution in [0.15, 0.2) is 41.1 Å². The third-order valence-corrected chi connectivity index (χ3v) is 2.72. The number of halogens is 1. The highest BCUT2D eigenvalue weighted by Crippen LogP contribution is 2.32. The number of benzene rings is 1. The molecule has 0 spiro atoms. The number of aromatic nitrogens is 1. The van der Waals surface area contributed by atoms with E-state index >= 15 is 0 Å². The molecule has 0 atom stereocenters. The molecule has 0 aliphatic heterocycles. The number of rotatable bonds is 2. The van der Waals surface area contributed by atoms with Crippen molar-refractivity contribution in [2.75, 3.05) is 5.73 Å². The van der Waals surface area contributed by atoms with Crippen LogP contribution in [0.4, 0.5) is 5.69 Å². The normalized spacial score (nSPS) is 10.1. The maximum atomic E-state index is 5.86. The van der Waals surface area contributed by atoms with E-state index in [0.717, 1.165) is 10.0 Å². The molecule has 2 rings (SSSR count). The van der Waals surface area contributed by atoms with Crippen molar-refractivity contribution in [3.63, 3.8) is 0 Å². The molecule has 1 aromatic carbocycles. The highest BCUT2D eigenvalue weighted by molar-refractivity contribution is 9.10. The second-order valence-electron chi connectivity index (χ2n) is 3.45. The first-order chi connectivity index (χ1) is 7.66. The summed E-state index contributed by atoms with van der Waals surface area (Å²) in [4.78, 5) is 3.96. The van der Waals surface area contributed by atoms with E-state index in [1.807, 2.05) is 25.1 Å². The fourth-order valence-electron chi connectivity index (χ4n) is 1.32. The molecule has 2 aromatic rings. The largest absolute Gasteiger partial charge is 0.454 e. The van der Waals surface area contributed by atoms with E-state index in [1.165, 1.54) is 0 Å². The average molecular weight is 279 g/mol. The van der Waals surface area contributed by atoms with Gasteiger partial charge >= 0.3 is 0 Å². The lowest BCUT2D eigenvalue weighted by atomic mass is 10.2. The Morgan fingerprint density at radius 2 is 2.06 bits per heavy atom. The minimum atomic E-state index is 0.628. The smallest absolute Gasteiger partial charge is 0.150 e. The SMILES string of the molecule is Cc1ccc(Oc2ccncc2Br)c(N)c1. The number of ether oxygens (including phenoxy) is 1. The van der Waals surface area contributed by atoms with Crippen LogP contribution in [0.5, 0.6) is 11.5 Å². The molecule has 0 aliphatic carbocycles. The molecule has 0 radical (unpaired) electrons. The fraction of sp³-hybridized carbons (Fsp3) is 0.0833. The molecule has 0 unspecified atom stereocenters. The monoisotopic (exact) mass is 278 g/mol. The van der Waals surface area contributed by atoms with Gasteiger partial charge in [0.1, 0.15) is 11.5 Å². The maximum Gasteiger partial charge on any atom is 0.150 e. The van der Waals surface area contributed by atoms with Crippen LogP contribution in [-0.2, 0) is 0 Å². The number of hydrogen-bond acceptors (Lipinski definition) is 3. The predicted octanol–water partition coefficient (Wildman–Crippen LogP) is 3.53. The summed E-state index contributed by atoms with van der Waals surface area (Å²) in [6.45, 7) is 1.99. The molecule has 4 heteroatoms. The van der Waals surface area contributed by atoms with Crippen LogP contribution >= 0.6 is 15.9 Å². The lowest BCUT2D eigenvalue weighted by molar-refractivity contribution is 0.481. The highest BCUT2D eigenvalue weighted by Gasteiger charge is 2.05. The standard InChI is InChI=1S/C12H11BrN2O/c1-8-2-3-12(10(14)6-8)16-11-4-5-15-7-9(11)13/h2-7H,14H2,1H3. The summed E-state index contributed by atoms with van der Waals surface area (Å²) in [6, 6.07) is 7.48. The minimum absolute atomic E-state index is 0.628. The van der Waals surface area contributed by atoms with Crippen LogP contribution in [0.3, 0.4) is 0 Å². The van der Waals surface area contributed by atoms with Crippen LogP contribution in [0, 0.1) is 6.92 Å². The van der Waals surface area contributed by atoms with Crippen LogP contribution in [0.25, 0.3) is 0 Å². The molecule has 82 valence electrons. The molecule has 1 aromatic heterocycles. The van der Waals surface area contributed by atoms with Gasteiger partial charge < -0.3 is 10.5 Å². The average Bonchev–Trinajstić information content (AvgIpc) is 2.25. The van der Waals surface area contributed by atoms with Crippen LogP contribution in [0.2, 0.25) is 0 Å². The van der Waals surface area contributed by atoms with Gasteiger partial charge in [0.15, 0.2) is 0 Å². The number of pyridine rings is 1. The van der Waals surface area contributed by atoms with Crippen molar-refractivity contribution in [1.29, 1.82) is 0 Å². The fourth-order valence-corrected chi connectivity index (χ4v) is 1.66. The van der Waals surface area contributed by atoms with Crippen molar-refractivity contribution in [3.05, 3.63) is 46.7 Å². The molecule has 16 heavy (non-hydrogen) atoms. The summed E-state index contributed by atoms with van der Waals surface area (Å²) in [5, 5.41) is 0. The number of anilines is 1. The molecular weight excluding hydrogens is 268 g/mol. The Morgan fingerprint density at radius 1 is 1.25 bits per heavy atom. The lowest BCUT2D eigenvalue weighted by Gasteiger charge is -2.09. The van der Waals surface area contributed by atoms with Gasteiger partial charge in [-0.2, -0.15) is 0 Å². The topological polar surface area (TPSA) is 48.1 Å². The van der Waals surface area contributed by atoms with Gasteiger partial charge in [0, 0.05) is 18.5 Å². The van der Waals surface area contributed by atoms with E-state index in [2.05, 4.69) is 20.9 Å². The van der Waals surface area contributed by atoms with Crippen LogP contribution in [-0.4, -0.2) is 4.98 Å². The summed E-state index contributed by atoms with van der Waals surface area (Å²) in [5.41, 5.74) is 7.60. The first-order valence-electron chi connectivity index (χ1n) is 4.80. The molecule has 0 amide bonds. The molecule has 0 fully saturated rings. The van der Waals surface area contributed by atoms with Crippen molar-refractivity contribution in [1.82, 2.24) is 4.98 Å². The number of hydrogen-bond donors (Lipinski definition) is 1. The van der Waals surface area contributed by atoms with Crippen LogP contribution in [0.1, 0.15) is 5.56 Å². The van der Waals surface area contributed by atoms with E-state index in [0.29, 0.717) is 17.2 Å². The van der Waals surface area contributed by atoms with Crippen molar-refractivity contribution >= 4 is 21.6 Å². The Labute approximate surface area is 102 Å². The molecule has 0 saturated heterocycles. The quantitative estimate of drug-likeness (QED) is 0.855. The summed E-state index contributed by atoms with van der Waals surface area (Å²) >= 11 is 3.36. The molecule has 0 aliphatic rings. The molecule has 0 saturated carbocycles. The predicted molar refractivity (Wildman–Crippen MR) is 67.6 cm³/mol. The lowest BCUT2D eigenvalue weighted by Crippen LogP contribution is -1.93. The van der Waals surface area contributed by atoms with Gasteiger partial charge in [0.05, 0.1) is 10.2 Å². The number of nitrogens with two attached hydrogens (primary N) is 1. The van der Waals surface area contributed by atoms with Gasteiger partial charge in [-0.3, -0.25) is 4.98 Å². The van der Waals surface area contributed by atoms with Gasteiger partial charge in [-0.1, -0.05) is 6.07 Å². The van der Waals surface area contributed by atoms with Gasteiger partial charge in [-0.05, 0) is 40.5 Å². The van der Waals surface area contributed by atoms with E-state index < -0.39 is 0 Å². The van der Waals surface area contributed by atoms with E-state index in [9.17, 15) is 0 Å². The number of nitrogens with zero attached hydrogens (tertiary/aromatic N) is 1. The van der Waals surface area contributed by atoms with Gasteiger partial charge in [0.2, 0.25) is 0 Å². The molecule has 3 nitrogen and oxygen atoms in total. The maximum absolute atomic E-state index is 5.86. The summed E-state index contributed by atoms with van der Waals surface area (Å²) in [6.07, 6.45) is 3.35. The van der Waals surface area contributed by atoms with Crippen LogP contribution < -0.4 is 10.5 Å². The van der Waals surface area contributed by atoms with Crippen molar-refractivity contribution in [2.45, 2.75) is 6.92 Å². The number of nitrogen functional groups attached to an aromatic ring is 1. The Kier molecular flexibility index (Phi) is 3.10. The van der Waals surface area contributed by atoms with Gasteiger partial charge in [-0.15, -0.1) is 0 Å². The van der Waals surface area contributed by atoms with Crippen molar-refractivity contribution in [2.24, 2.45) is 0 Å². The first kappa shape index (κ1) is 11.0. The Morgan fingerprint density at radius 3 is 2.75 bits per heavy atom. The second kappa shape index (κ2) is 4.53. The summed E-state index contributed by atoms with van der Waals surface area (Å²) in [7, 11) is 0. The third-order valence-electron chi connectivity index (χ3n) is 2.12. The zero-order valence-electron chi connectivity index (χ0n) is 8.77. The Bertz CT molecular complexity index is 514. The van der Waals surface area contributed by atoms with E-state index in [-0.39, 0.29) is 0 Å². The minimum Gasteiger partial charge on any atom is -0.454 e. The highest BCUT2D eigenvalue weighted by atomic mass is 79.9. The second-order valence-corrected chi connectivity index (χ2v) is 4.30. The first-order valence-corrected chi connectivity index (χ1v) is 5.59. The summed E-state index contributed by atoms with van der Waals surface area (Å²) < 4.78 is 6.48.